The van der Waals surface area contributed by atoms with Crippen molar-refractivity contribution >= 4 is 18.0 Å². The Bertz CT molecular complexity index is 1080. The molecule has 184 valence electrons. The third kappa shape index (κ3) is 4.51. The van der Waals surface area contributed by atoms with Crippen LogP contribution in [0.1, 0.15) is 68.4 Å². The Labute approximate surface area is 205 Å². The molecule has 1 unspecified atom stereocenters. The van der Waals surface area contributed by atoms with Crippen molar-refractivity contribution in [3.63, 3.8) is 0 Å². The molecule has 3 aliphatic rings. The molecule has 0 bridgehead atoms. The maximum absolute atomic E-state index is 13.7. The summed E-state index contributed by atoms with van der Waals surface area (Å²) in [6.45, 7) is 0.723. The van der Waals surface area contributed by atoms with Crippen LogP contribution in [0, 0.1) is 0 Å². The smallest absolute Gasteiger partial charge is 0.408 e. The molecule has 0 aromatic heterocycles. The molecule has 2 amide bonds. The molecule has 0 spiro atoms. The number of ether oxygens (including phenoxy) is 1. The molecule has 5 rings (SSSR count). The number of rotatable bonds is 6. The van der Waals surface area contributed by atoms with E-state index in [9.17, 15) is 19.5 Å². The van der Waals surface area contributed by atoms with Crippen LogP contribution in [0.4, 0.5) is 4.79 Å². The molecule has 7 nitrogen and oxygen atoms in total. The van der Waals surface area contributed by atoms with Crippen LogP contribution < -0.4 is 5.32 Å². The van der Waals surface area contributed by atoms with Crippen molar-refractivity contribution in [2.45, 2.75) is 68.9 Å². The van der Waals surface area contributed by atoms with Gasteiger partial charge in [-0.1, -0.05) is 67.8 Å². The number of amides is 2. The molecule has 1 heterocycles. The molecule has 2 aromatic rings. The number of fused-ring (bicyclic) bond motifs is 3. The Kier molecular flexibility index (Phi) is 6.50. The minimum atomic E-state index is -1.03. The van der Waals surface area contributed by atoms with Crippen molar-refractivity contribution in [3.05, 3.63) is 59.7 Å². The van der Waals surface area contributed by atoms with Gasteiger partial charge in [-0.15, -0.1) is 0 Å². The summed E-state index contributed by atoms with van der Waals surface area (Å²) in [7, 11) is 0. The van der Waals surface area contributed by atoms with Gasteiger partial charge in [-0.3, -0.25) is 9.59 Å². The van der Waals surface area contributed by atoms with Gasteiger partial charge in [-0.05, 0) is 47.9 Å². The fourth-order valence-corrected chi connectivity index (χ4v) is 6.17. The first-order valence-corrected chi connectivity index (χ1v) is 12.6. The maximum Gasteiger partial charge on any atom is 0.408 e. The van der Waals surface area contributed by atoms with Gasteiger partial charge < -0.3 is 20.1 Å². The van der Waals surface area contributed by atoms with E-state index in [2.05, 4.69) is 29.6 Å². The zero-order valence-electron chi connectivity index (χ0n) is 19.9. The van der Waals surface area contributed by atoms with Crippen LogP contribution in [-0.4, -0.2) is 52.7 Å². The van der Waals surface area contributed by atoms with Crippen LogP contribution in [0.3, 0.4) is 0 Å². The van der Waals surface area contributed by atoms with Gasteiger partial charge in [0.05, 0.1) is 6.42 Å². The molecule has 0 radical (unpaired) electrons. The van der Waals surface area contributed by atoms with E-state index in [1.165, 1.54) is 0 Å². The van der Waals surface area contributed by atoms with Crippen LogP contribution in [0.2, 0.25) is 0 Å². The van der Waals surface area contributed by atoms with E-state index in [0.717, 1.165) is 47.9 Å². The lowest BCUT2D eigenvalue weighted by Gasteiger charge is -2.40. The minimum Gasteiger partial charge on any atom is -0.481 e. The highest BCUT2D eigenvalue weighted by atomic mass is 16.5. The van der Waals surface area contributed by atoms with E-state index < -0.39 is 17.6 Å². The van der Waals surface area contributed by atoms with Crippen LogP contribution in [0.15, 0.2) is 48.5 Å². The normalized spacial score (nSPS) is 20.7. The Hall–Kier alpha value is -3.35. The fraction of sp³-hybridized carbons (Fsp3) is 0.464. The Morgan fingerprint density at radius 1 is 0.943 bits per heavy atom. The number of hydrogen-bond acceptors (Lipinski definition) is 4. The number of aliphatic carboxylic acids is 1. The molecule has 2 fully saturated rings. The van der Waals surface area contributed by atoms with E-state index in [1.54, 1.807) is 4.90 Å². The summed E-state index contributed by atoms with van der Waals surface area (Å²) in [5.74, 6) is -1.11. The van der Waals surface area contributed by atoms with Gasteiger partial charge in [-0.25, -0.2) is 4.79 Å². The van der Waals surface area contributed by atoms with Gasteiger partial charge >= 0.3 is 12.1 Å². The number of carbonyl (C=O) groups excluding carboxylic acids is 2. The van der Waals surface area contributed by atoms with Gasteiger partial charge in [0.1, 0.15) is 12.1 Å². The molecule has 2 aromatic carbocycles. The highest BCUT2D eigenvalue weighted by Gasteiger charge is 2.46. The largest absolute Gasteiger partial charge is 0.481 e. The predicted molar refractivity (Wildman–Crippen MR) is 131 cm³/mol. The molecule has 1 saturated heterocycles. The molecule has 2 N–H and O–H groups in total. The van der Waals surface area contributed by atoms with E-state index in [1.807, 2.05) is 24.3 Å². The minimum absolute atomic E-state index is 0.0512. The van der Waals surface area contributed by atoms with Gasteiger partial charge in [0.2, 0.25) is 5.91 Å². The second kappa shape index (κ2) is 9.72. The van der Waals surface area contributed by atoms with Crippen LogP contribution in [0.25, 0.3) is 11.1 Å². The number of carbonyl (C=O) groups is 3. The number of benzene rings is 2. The quantitative estimate of drug-likeness (QED) is 0.630. The SMILES string of the molecule is O=C(O)CC1CCCN1C(=O)C1(NC(=O)OCC2c3ccccc3-c3ccccc32)CCCCC1. The summed E-state index contributed by atoms with van der Waals surface area (Å²) in [5.41, 5.74) is 3.57. The number of nitrogens with one attached hydrogen (secondary N) is 1. The van der Waals surface area contributed by atoms with Gasteiger partial charge in [-0.2, -0.15) is 0 Å². The van der Waals surface area contributed by atoms with Crippen LogP contribution in [-0.2, 0) is 14.3 Å². The zero-order valence-corrected chi connectivity index (χ0v) is 19.9. The second-order valence-electron chi connectivity index (χ2n) is 9.99. The topological polar surface area (TPSA) is 95.9 Å². The van der Waals surface area contributed by atoms with Crippen molar-refractivity contribution in [1.82, 2.24) is 10.2 Å². The lowest BCUT2D eigenvalue weighted by Crippen LogP contribution is -2.61. The summed E-state index contributed by atoms with van der Waals surface area (Å²) >= 11 is 0. The molecule has 1 atom stereocenters. The Morgan fingerprint density at radius 2 is 1.57 bits per heavy atom. The van der Waals surface area contributed by atoms with E-state index >= 15 is 0 Å². The van der Waals surface area contributed by atoms with Crippen molar-refractivity contribution in [1.29, 1.82) is 0 Å². The Morgan fingerprint density at radius 3 is 2.20 bits per heavy atom. The van der Waals surface area contributed by atoms with Crippen molar-refractivity contribution in [2.75, 3.05) is 13.2 Å². The average molecular weight is 477 g/mol. The average Bonchev–Trinajstić information content (AvgIpc) is 3.45. The third-order valence-corrected chi connectivity index (χ3v) is 7.85. The fourth-order valence-electron chi connectivity index (χ4n) is 6.17. The number of carboxylic acid groups (broad SMARTS) is 1. The van der Waals surface area contributed by atoms with E-state index in [4.69, 9.17) is 4.74 Å². The molecule has 2 aliphatic carbocycles. The number of carboxylic acids is 1. The summed E-state index contributed by atoms with van der Waals surface area (Å²) in [6.07, 6.45) is 4.60. The van der Waals surface area contributed by atoms with Gasteiger partial charge in [0.25, 0.3) is 0 Å². The summed E-state index contributed by atoms with van der Waals surface area (Å²) in [5, 5.41) is 12.2. The summed E-state index contributed by atoms with van der Waals surface area (Å²) in [4.78, 5) is 39.8. The Balaban J connectivity index is 1.30. The van der Waals surface area contributed by atoms with Gasteiger partial charge in [0.15, 0.2) is 0 Å². The van der Waals surface area contributed by atoms with Crippen LogP contribution in [0.5, 0.6) is 0 Å². The number of alkyl carbamates (subject to hydrolysis) is 1. The second-order valence-corrected chi connectivity index (χ2v) is 9.99. The predicted octanol–water partition coefficient (Wildman–Crippen LogP) is 4.69. The molecular formula is C28H32N2O5. The lowest BCUT2D eigenvalue weighted by molar-refractivity contribution is -0.143. The highest BCUT2D eigenvalue weighted by Crippen LogP contribution is 2.44. The van der Waals surface area contributed by atoms with Crippen molar-refractivity contribution in [3.8, 4) is 11.1 Å². The molecular weight excluding hydrogens is 444 g/mol. The van der Waals surface area contributed by atoms with E-state index in [-0.39, 0.29) is 30.9 Å². The van der Waals surface area contributed by atoms with Gasteiger partial charge in [0, 0.05) is 18.5 Å². The number of likely N-dealkylation sites (tertiary alicyclic amines) is 1. The standard InChI is InChI=1S/C28H32N2O5/c31-25(32)17-19-9-8-16-30(19)26(33)28(14-6-1-7-15-28)29-27(34)35-18-24-22-12-4-2-10-20(22)21-11-3-5-13-23(21)24/h2-5,10-13,19,24H,1,6-9,14-18H2,(H,29,34)(H,31,32). The lowest BCUT2D eigenvalue weighted by atomic mass is 9.80. The first-order valence-electron chi connectivity index (χ1n) is 12.6. The molecule has 1 aliphatic heterocycles. The molecule has 1 saturated carbocycles. The van der Waals surface area contributed by atoms with Crippen molar-refractivity contribution < 1.29 is 24.2 Å². The zero-order chi connectivity index (χ0) is 24.4. The van der Waals surface area contributed by atoms with E-state index in [0.29, 0.717) is 25.8 Å². The summed E-state index contributed by atoms with van der Waals surface area (Å²) < 4.78 is 5.76. The summed E-state index contributed by atoms with van der Waals surface area (Å²) in [6, 6.07) is 16.0. The monoisotopic (exact) mass is 476 g/mol. The maximum atomic E-state index is 13.7. The highest BCUT2D eigenvalue weighted by molar-refractivity contribution is 5.91. The molecule has 35 heavy (non-hydrogen) atoms. The first kappa shape index (κ1) is 23.4. The van der Waals surface area contributed by atoms with Crippen LogP contribution >= 0.6 is 0 Å². The molecule has 7 heteroatoms. The number of hydrogen-bond donors (Lipinski definition) is 2. The third-order valence-electron chi connectivity index (χ3n) is 7.85. The van der Waals surface area contributed by atoms with Crippen molar-refractivity contribution in [2.24, 2.45) is 0 Å². The number of nitrogens with zero attached hydrogens (tertiary/aromatic N) is 1. The first-order chi connectivity index (χ1) is 17.0.